The molecule has 2 N–H and O–H groups in total. The van der Waals surface area contributed by atoms with Gasteiger partial charge in [0, 0.05) is 20.1 Å². The Labute approximate surface area is 131 Å². The van der Waals surface area contributed by atoms with E-state index in [4.69, 9.17) is 0 Å². The van der Waals surface area contributed by atoms with Crippen LogP contribution in [0.4, 0.5) is 0 Å². The van der Waals surface area contributed by atoms with E-state index < -0.39 is 0 Å². The minimum absolute atomic E-state index is 0.416. The van der Waals surface area contributed by atoms with Crippen molar-refractivity contribution < 1.29 is 0 Å². The summed E-state index contributed by atoms with van der Waals surface area (Å²) in [5, 5.41) is 14.6. The Morgan fingerprint density at radius 3 is 2.73 bits per heavy atom. The Morgan fingerprint density at radius 2 is 2.05 bits per heavy atom. The number of guanidine groups is 1. The van der Waals surface area contributed by atoms with Crippen molar-refractivity contribution in [3.05, 3.63) is 48.0 Å². The van der Waals surface area contributed by atoms with E-state index in [1.807, 2.05) is 10.6 Å². The number of rotatable bonds is 6. The number of benzene rings is 1. The van der Waals surface area contributed by atoms with Gasteiger partial charge in [0.25, 0.3) is 0 Å². The van der Waals surface area contributed by atoms with Crippen LogP contribution in [0.2, 0.25) is 0 Å². The second kappa shape index (κ2) is 8.17. The number of aromatic nitrogens is 3. The minimum Gasteiger partial charge on any atom is -0.356 e. The third kappa shape index (κ3) is 4.31. The van der Waals surface area contributed by atoms with Gasteiger partial charge in [0.2, 0.25) is 0 Å². The Kier molecular flexibility index (Phi) is 5.94. The van der Waals surface area contributed by atoms with Gasteiger partial charge in [-0.25, -0.2) is 0 Å². The first-order valence-corrected chi connectivity index (χ1v) is 7.60. The van der Waals surface area contributed by atoms with Gasteiger partial charge in [-0.15, -0.1) is 10.2 Å². The van der Waals surface area contributed by atoms with Gasteiger partial charge >= 0.3 is 0 Å². The van der Waals surface area contributed by atoms with Gasteiger partial charge in [-0.3, -0.25) is 4.99 Å². The molecule has 1 atom stereocenters. The Balaban J connectivity index is 1.83. The summed E-state index contributed by atoms with van der Waals surface area (Å²) in [4.78, 5) is 4.25. The second-order valence-corrected chi connectivity index (χ2v) is 5.15. The number of hydrogen-bond donors (Lipinski definition) is 2. The van der Waals surface area contributed by atoms with Gasteiger partial charge in [0.05, 0.1) is 6.54 Å². The SMILES string of the molecule is CCn1cnnc1CNC(=NC)NCC(C)c1ccccc1. The third-order valence-corrected chi connectivity index (χ3v) is 3.62. The number of nitrogens with zero attached hydrogens (tertiary/aromatic N) is 4. The maximum Gasteiger partial charge on any atom is 0.191 e. The first kappa shape index (κ1) is 16.0. The summed E-state index contributed by atoms with van der Waals surface area (Å²) in [5.41, 5.74) is 1.32. The lowest BCUT2D eigenvalue weighted by molar-refractivity contribution is 0.659. The molecule has 1 aromatic heterocycles. The van der Waals surface area contributed by atoms with Crippen molar-refractivity contribution in [3.8, 4) is 0 Å². The molecule has 0 spiro atoms. The predicted molar refractivity (Wildman–Crippen MR) is 88.8 cm³/mol. The summed E-state index contributed by atoms with van der Waals surface area (Å²) >= 11 is 0. The van der Waals surface area contributed by atoms with Crippen LogP contribution in [-0.4, -0.2) is 34.3 Å². The van der Waals surface area contributed by atoms with Crippen LogP contribution in [0.3, 0.4) is 0 Å². The molecule has 22 heavy (non-hydrogen) atoms. The first-order valence-electron chi connectivity index (χ1n) is 7.60. The Hall–Kier alpha value is -2.37. The first-order chi connectivity index (χ1) is 10.7. The van der Waals surface area contributed by atoms with Crippen molar-refractivity contribution in [3.63, 3.8) is 0 Å². The van der Waals surface area contributed by atoms with Crippen LogP contribution in [0, 0.1) is 0 Å². The molecule has 0 radical (unpaired) electrons. The van der Waals surface area contributed by atoms with Gasteiger partial charge < -0.3 is 15.2 Å². The van der Waals surface area contributed by atoms with Gasteiger partial charge in [-0.1, -0.05) is 37.3 Å². The molecule has 2 rings (SSSR count). The molecule has 0 amide bonds. The maximum atomic E-state index is 4.25. The largest absolute Gasteiger partial charge is 0.356 e. The van der Waals surface area contributed by atoms with Crippen molar-refractivity contribution in [1.82, 2.24) is 25.4 Å². The zero-order valence-electron chi connectivity index (χ0n) is 13.5. The van der Waals surface area contributed by atoms with Gasteiger partial charge in [0.1, 0.15) is 6.33 Å². The predicted octanol–water partition coefficient (Wildman–Crippen LogP) is 1.77. The van der Waals surface area contributed by atoms with Gasteiger partial charge in [0.15, 0.2) is 11.8 Å². The highest BCUT2D eigenvalue weighted by Gasteiger charge is 2.07. The molecule has 0 saturated heterocycles. The summed E-state index contributed by atoms with van der Waals surface area (Å²) in [6.07, 6.45) is 1.74. The number of hydrogen-bond acceptors (Lipinski definition) is 3. The molecule has 0 fully saturated rings. The average molecular weight is 300 g/mol. The smallest absolute Gasteiger partial charge is 0.191 e. The average Bonchev–Trinajstić information content (AvgIpc) is 3.03. The van der Waals surface area contributed by atoms with E-state index in [0.717, 1.165) is 24.9 Å². The summed E-state index contributed by atoms with van der Waals surface area (Å²) in [7, 11) is 1.77. The number of aryl methyl sites for hydroxylation is 1. The summed E-state index contributed by atoms with van der Waals surface area (Å²) in [6, 6.07) is 10.5. The van der Waals surface area contributed by atoms with Crippen LogP contribution in [0.15, 0.2) is 41.7 Å². The standard InChI is InChI=1S/C16H24N6/c1-4-22-12-20-21-15(22)11-19-16(17-3)18-10-13(2)14-8-6-5-7-9-14/h5-9,12-13H,4,10-11H2,1-3H3,(H2,17,18,19). The van der Waals surface area contributed by atoms with Crippen LogP contribution in [0.5, 0.6) is 0 Å². The molecule has 6 nitrogen and oxygen atoms in total. The van der Waals surface area contributed by atoms with E-state index in [0.29, 0.717) is 12.5 Å². The lowest BCUT2D eigenvalue weighted by Gasteiger charge is -2.16. The van der Waals surface area contributed by atoms with Crippen LogP contribution in [0.1, 0.15) is 31.2 Å². The van der Waals surface area contributed by atoms with Crippen molar-refractivity contribution in [2.75, 3.05) is 13.6 Å². The Bertz CT molecular complexity index is 590. The van der Waals surface area contributed by atoms with Gasteiger partial charge in [-0.05, 0) is 18.4 Å². The van der Waals surface area contributed by atoms with Crippen LogP contribution < -0.4 is 10.6 Å². The van der Waals surface area contributed by atoms with Crippen LogP contribution in [0.25, 0.3) is 0 Å². The summed E-state index contributed by atoms with van der Waals surface area (Å²) in [6.45, 7) is 6.56. The van der Waals surface area contributed by atoms with Crippen LogP contribution >= 0.6 is 0 Å². The highest BCUT2D eigenvalue weighted by atomic mass is 15.3. The van der Waals surface area contributed by atoms with Crippen molar-refractivity contribution >= 4 is 5.96 Å². The van der Waals surface area contributed by atoms with E-state index in [1.54, 1.807) is 13.4 Å². The van der Waals surface area contributed by atoms with E-state index in [9.17, 15) is 0 Å². The highest BCUT2D eigenvalue weighted by molar-refractivity contribution is 5.79. The molecule has 1 aromatic carbocycles. The molecule has 2 aromatic rings. The fourth-order valence-corrected chi connectivity index (χ4v) is 2.21. The van der Waals surface area contributed by atoms with E-state index >= 15 is 0 Å². The molecule has 0 bridgehead atoms. The number of aliphatic imine (C=N–C) groups is 1. The second-order valence-electron chi connectivity index (χ2n) is 5.15. The molecule has 1 unspecified atom stereocenters. The van der Waals surface area contributed by atoms with E-state index in [2.05, 4.69) is 63.9 Å². The topological polar surface area (TPSA) is 67.1 Å². The molecule has 118 valence electrons. The van der Waals surface area contributed by atoms with Crippen molar-refractivity contribution in [2.24, 2.45) is 4.99 Å². The van der Waals surface area contributed by atoms with Crippen molar-refractivity contribution in [2.45, 2.75) is 32.9 Å². The molecule has 0 aliphatic carbocycles. The molecule has 1 heterocycles. The molecule has 6 heteroatoms. The lowest BCUT2D eigenvalue weighted by atomic mass is 10.0. The zero-order valence-corrected chi connectivity index (χ0v) is 13.5. The molecule has 0 aliphatic heterocycles. The zero-order chi connectivity index (χ0) is 15.8. The third-order valence-electron chi connectivity index (χ3n) is 3.62. The van der Waals surface area contributed by atoms with Crippen molar-refractivity contribution in [1.29, 1.82) is 0 Å². The lowest BCUT2D eigenvalue weighted by Crippen LogP contribution is -2.39. The highest BCUT2D eigenvalue weighted by Crippen LogP contribution is 2.12. The molecular weight excluding hydrogens is 276 g/mol. The molecule has 0 aliphatic rings. The van der Waals surface area contributed by atoms with Gasteiger partial charge in [-0.2, -0.15) is 0 Å². The van der Waals surface area contributed by atoms with Crippen LogP contribution in [-0.2, 0) is 13.1 Å². The Morgan fingerprint density at radius 1 is 1.27 bits per heavy atom. The minimum atomic E-state index is 0.416. The summed E-state index contributed by atoms with van der Waals surface area (Å²) < 4.78 is 2.01. The van der Waals surface area contributed by atoms with E-state index in [-0.39, 0.29) is 0 Å². The fraction of sp³-hybridized carbons (Fsp3) is 0.438. The normalized spacial score (nSPS) is 13.0. The monoisotopic (exact) mass is 300 g/mol. The fourth-order valence-electron chi connectivity index (χ4n) is 2.21. The maximum absolute atomic E-state index is 4.25. The van der Waals surface area contributed by atoms with E-state index in [1.165, 1.54) is 5.56 Å². The summed E-state index contributed by atoms with van der Waals surface area (Å²) in [5.74, 6) is 2.09. The number of nitrogens with one attached hydrogen (secondary N) is 2. The quantitative estimate of drug-likeness (QED) is 0.630. The molecular formula is C16H24N6. The molecule has 0 saturated carbocycles.